The number of aromatic nitrogens is 2. The monoisotopic (exact) mass is 355 g/mol. The Labute approximate surface area is 152 Å². The van der Waals surface area contributed by atoms with E-state index in [1.807, 2.05) is 62.0 Å². The molecule has 0 radical (unpaired) electrons. The Kier molecular flexibility index (Phi) is 4.85. The van der Waals surface area contributed by atoms with Gasteiger partial charge in [-0.2, -0.15) is 5.10 Å². The number of hydrogen-bond donors (Lipinski definition) is 3. The molecule has 0 bridgehead atoms. The van der Waals surface area contributed by atoms with E-state index in [-0.39, 0.29) is 11.9 Å². The summed E-state index contributed by atoms with van der Waals surface area (Å²) in [6.07, 6.45) is 1.96. The van der Waals surface area contributed by atoms with Gasteiger partial charge in [-0.3, -0.25) is 9.48 Å². The number of aryl methyl sites for hydroxylation is 2. The molecule has 1 aromatic heterocycles. The van der Waals surface area contributed by atoms with E-state index in [1.165, 1.54) is 0 Å². The normalized spacial score (nSPS) is 17.1. The standard InChI is InChI=1S/C18H21N5OS/c1-4-23-10-14(11(2)22-23)16-15(12(3)19-18(25)21-16)17(24)20-13-8-6-5-7-9-13/h5-10,16H,4H2,1-3H3,(H,20,24)(H2,19,21,25)/t16-/m1/s1. The van der Waals surface area contributed by atoms with E-state index < -0.39 is 0 Å². The molecule has 0 unspecified atom stereocenters. The van der Waals surface area contributed by atoms with Crippen LogP contribution < -0.4 is 16.0 Å². The maximum Gasteiger partial charge on any atom is 0.255 e. The first-order valence-electron chi connectivity index (χ1n) is 8.18. The maximum atomic E-state index is 12.9. The first-order chi connectivity index (χ1) is 12.0. The van der Waals surface area contributed by atoms with Gasteiger partial charge < -0.3 is 16.0 Å². The van der Waals surface area contributed by atoms with Gasteiger partial charge >= 0.3 is 0 Å². The molecule has 2 heterocycles. The number of nitrogens with zero attached hydrogens (tertiary/aromatic N) is 2. The van der Waals surface area contributed by atoms with E-state index in [1.54, 1.807) is 0 Å². The molecule has 130 valence electrons. The zero-order chi connectivity index (χ0) is 18.0. The molecule has 7 heteroatoms. The van der Waals surface area contributed by atoms with Crippen molar-refractivity contribution in [3.05, 3.63) is 59.1 Å². The van der Waals surface area contributed by atoms with Crippen LogP contribution in [0.3, 0.4) is 0 Å². The van der Waals surface area contributed by atoms with Crippen molar-refractivity contribution in [2.75, 3.05) is 5.32 Å². The van der Waals surface area contributed by atoms with Crippen LogP contribution in [0.1, 0.15) is 31.1 Å². The van der Waals surface area contributed by atoms with Crippen LogP contribution in [-0.2, 0) is 11.3 Å². The maximum absolute atomic E-state index is 12.9. The lowest BCUT2D eigenvalue weighted by atomic mass is 9.95. The minimum absolute atomic E-state index is 0.167. The van der Waals surface area contributed by atoms with E-state index >= 15 is 0 Å². The molecular weight excluding hydrogens is 334 g/mol. The molecule has 2 aromatic rings. The summed E-state index contributed by atoms with van der Waals surface area (Å²) in [7, 11) is 0. The lowest BCUT2D eigenvalue weighted by molar-refractivity contribution is -0.113. The second-order valence-corrected chi connectivity index (χ2v) is 6.32. The van der Waals surface area contributed by atoms with Crippen LogP contribution in [0.25, 0.3) is 0 Å². The predicted octanol–water partition coefficient (Wildman–Crippen LogP) is 2.64. The third-order valence-electron chi connectivity index (χ3n) is 4.16. The average molecular weight is 355 g/mol. The third kappa shape index (κ3) is 3.56. The van der Waals surface area contributed by atoms with Crippen molar-refractivity contribution in [1.82, 2.24) is 20.4 Å². The van der Waals surface area contributed by atoms with Gasteiger partial charge in [-0.25, -0.2) is 0 Å². The van der Waals surface area contributed by atoms with Crippen molar-refractivity contribution in [1.29, 1.82) is 0 Å². The van der Waals surface area contributed by atoms with Gasteiger partial charge in [0.2, 0.25) is 0 Å². The highest BCUT2D eigenvalue weighted by atomic mass is 32.1. The van der Waals surface area contributed by atoms with E-state index in [4.69, 9.17) is 12.2 Å². The molecule has 1 amide bonds. The Hall–Kier alpha value is -2.67. The largest absolute Gasteiger partial charge is 0.351 e. The number of allylic oxidation sites excluding steroid dienone is 1. The Bertz CT molecular complexity index is 840. The second-order valence-electron chi connectivity index (χ2n) is 5.92. The quantitative estimate of drug-likeness (QED) is 0.736. The van der Waals surface area contributed by atoms with Gasteiger partial charge in [0, 0.05) is 29.7 Å². The number of rotatable bonds is 4. The zero-order valence-corrected chi connectivity index (χ0v) is 15.3. The SMILES string of the molecule is CCn1cc([C@H]2NC(=S)NC(C)=C2C(=O)Nc2ccccc2)c(C)n1. The van der Waals surface area contributed by atoms with Crippen molar-refractivity contribution in [3.8, 4) is 0 Å². The van der Waals surface area contributed by atoms with Crippen molar-refractivity contribution in [2.24, 2.45) is 0 Å². The van der Waals surface area contributed by atoms with Gasteiger partial charge in [-0.15, -0.1) is 0 Å². The summed E-state index contributed by atoms with van der Waals surface area (Å²) in [4.78, 5) is 12.9. The van der Waals surface area contributed by atoms with Crippen LogP contribution in [0.2, 0.25) is 0 Å². The van der Waals surface area contributed by atoms with Crippen molar-refractivity contribution < 1.29 is 4.79 Å². The lowest BCUT2D eigenvalue weighted by Gasteiger charge is -2.30. The second kappa shape index (κ2) is 7.06. The van der Waals surface area contributed by atoms with Gasteiger partial charge in [-0.1, -0.05) is 18.2 Å². The Morgan fingerprint density at radius 1 is 1.32 bits per heavy atom. The van der Waals surface area contributed by atoms with Crippen LogP contribution in [0.15, 0.2) is 47.8 Å². The molecule has 1 aliphatic heterocycles. The molecule has 3 N–H and O–H groups in total. The van der Waals surface area contributed by atoms with Gasteiger partial charge in [-0.05, 0) is 45.1 Å². The van der Waals surface area contributed by atoms with E-state index in [2.05, 4.69) is 21.0 Å². The molecule has 6 nitrogen and oxygen atoms in total. The first kappa shape index (κ1) is 17.2. The minimum atomic E-state index is -0.335. The molecule has 25 heavy (non-hydrogen) atoms. The molecule has 0 spiro atoms. The minimum Gasteiger partial charge on any atom is -0.351 e. The van der Waals surface area contributed by atoms with Gasteiger partial charge in [0.25, 0.3) is 5.91 Å². The highest BCUT2D eigenvalue weighted by Gasteiger charge is 2.32. The number of anilines is 1. The summed E-state index contributed by atoms with van der Waals surface area (Å²) < 4.78 is 1.86. The summed E-state index contributed by atoms with van der Waals surface area (Å²) in [5.41, 5.74) is 3.92. The topological polar surface area (TPSA) is 71.0 Å². The predicted molar refractivity (Wildman–Crippen MR) is 102 cm³/mol. The fourth-order valence-corrected chi connectivity index (χ4v) is 3.20. The van der Waals surface area contributed by atoms with Crippen molar-refractivity contribution in [3.63, 3.8) is 0 Å². The molecule has 0 saturated carbocycles. The summed E-state index contributed by atoms with van der Waals surface area (Å²) in [6, 6.07) is 9.06. The van der Waals surface area contributed by atoms with E-state index in [0.29, 0.717) is 10.7 Å². The van der Waals surface area contributed by atoms with Crippen LogP contribution >= 0.6 is 12.2 Å². The number of nitrogens with one attached hydrogen (secondary N) is 3. The van der Waals surface area contributed by atoms with Crippen LogP contribution in [0.4, 0.5) is 5.69 Å². The van der Waals surface area contributed by atoms with Crippen molar-refractivity contribution in [2.45, 2.75) is 33.4 Å². The van der Waals surface area contributed by atoms with Crippen molar-refractivity contribution >= 4 is 28.9 Å². The lowest BCUT2D eigenvalue weighted by Crippen LogP contribution is -2.45. The summed E-state index contributed by atoms with van der Waals surface area (Å²) >= 11 is 5.29. The Balaban J connectivity index is 1.97. The first-order valence-corrected chi connectivity index (χ1v) is 8.59. The number of carbonyl (C=O) groups excluding carboxylic acids is 1. The number of para-hydroxylation sites is 1. The van der Waals surface area contributed by atoms with Crippen LogP contribution in [0, 0.1) is 6.92 Å². The van der Waals surface area contributed by atoms with E-state index in [0.717, 1.165) is 29.2 Å². The molecule has 1 aliphatic rings. The molecule has 1 aromatic carbocycles. The summed E-state index contributed by atoms with van der Waals surface area (Å²) in [6.45, 7) is 6.60. The molecule has 3 rings (SSSR count). The van der Waals surface area contributed by atoms with Crippen LogP contribution in [-0.4, -0.2) is 20.8 Å². The fourth-order valence-electron chi connectivity index (χ4n) is 2.93. The van der Waals surface area contributed by atoms with E-state index in [9.17, 15) is 4.79 Å². The molecule has 0 saturated heterocycles. The average Bonchev–Trinajstić information content (AvgIpc) is 2.95. The highest BCUT2D eigenvalue weighted by Crippen LogP contribution is 2.29. The van der Waals surface area contributed by atoms with Gasteiger partial charge in [0.05, 0.1) is 17.3 Å². The fraction of sp³-hybridized carbons (Fsp3) is 0.278. The zero-order valence-electron chi connectivity index (χ0n) is 14.5. The summed E-state index contributed by atoms with van der Waals surface area (Å²) in [5.74, 6) is -0.167. The highest BCUT2D eigenvalue weighted by molar-refractivity contribution is 7.80. The molecular formula is C18H21N5OS. The smallest absolute Gasteiger partial charge is 0.255 e. The summed E-state index contributed by atoms with van der Waals surface area (Å²) in [5, 5.41) is 14.2. The van der Waals surface area contributed by atoms with Crippen LogP contribution in [0.5, 0.6) is 0 Å². The number of benzene rings is 1. The third-order valence-corrected chi connectivity index (χ3v) is 4.38. The Morgan fingerprint density at radius 2 is 2.04 bits per heavy atom. The Morgan fingerprint density at radius 3 is 2.68 bits per heavy atom. The molecule has 0 fully saturated rings. The molecule has 1 atom stereocenters. The molecule has 0 aliphatic carbocycles. The number of hydrogen-bond acceptors (Lipinski definition) is 3. The number of thiocarbonyl (C=S) groups is 1. The van der Waals surface area contributed by atoms with Gasteiger partial charge in [0.1, 0.15) is 0 Å². The number of carbonyl (C=O) groups is 1. The number of amides is 1. The van der Waals surface area contributed by atoms with Gasteiger partial charge in [0.15, 0.2) is 5.11 Å².